The van der Waals surface area contributed by atoms with E-state index in [1.165, 1.54) is 19.1 Å². The van der Waals surface area contributed by atoms with E-state index in [0.717, 1.165) is 0 Å². The number of carbonyl (C=O) groups excluding carboxylic acids is 2. The second-order valence-electron chi connectivity index (χ2n) is 5.08. The third kappa shape index (κ3) is 4.53. The topological polar surface area (TPSA) is 84.2 Å². The molecule has 5 nitrogen and oxygen atoms in total. The van der Waals surface area contributed by atoms with Crippen LogP contribution in [-0.2, 0) is 4.79 Å². The molecular weight excluding hydrogens is 261 g/mol. The molecule has 0 aliphatic heterocycles. The molecule has 0 spiro atoms. The van der Waals surface area contributed by atoms with Crippen LogP contribution in [0, 0.1) is 18.7 Å². The first-order chi connectivity index (χ1) is 9.31. The van der Waals surface area contributed by atoms with E-state index in [2.05, 4.69) is 10.6 Å². The number of nitrogen functional groups attached to an aromatic ring is 1. The highest BCUT2D eigenvalue weighted by Crippen LogP contribution is 2.16. The fourth-order valence-corrected chi connectivity index (χ4v) is 1.60. The van der Waals surface area contributed by atoms with E-state index < -0.39 is 11.7 Å². The Morgan fingerprint density at radius 3 is 2.55 bits per heavy atom. The van der Waals surface area contributed by atoms with Gasteiger partial charge in [0.05, 0.1) is 12.1 Å². The van der Waals surface area contributed by atoms with E-state index in [0.29, 0.717) is 23.7 Å². The molecule has 0 unspecified atom stereocenters. The van der Waals surface area contributed by atoms with Gasteiger partial charge in [0.1, 0.15) is 5.82 Å². The zero-order valence-electron chi connectivity index (χ0n) is 11.9. The molecule has 1 aromatic rings. The predicted molar refractivity (Wildman–Crippen MR) is 75.7 cm³/mol. The van der Waals surface area contributed by atoms with Crippen LogP contribution in [0.5, 0.6) is 0 Å². The molecule has 0 bridgehead atoms. The summed E-state index contributed by atoms with van der Waals surface area (Å²) in [5.41, 5.74) is 6.02. The molecule has 1 rings (SSSR count). The zero-order valence-corrected chi connectivity index (χ0v) is 11.9. The van der Waals surface area contributed by atoms with Crippen LogP contribution in [0.15, 0.2) is 12.1 Å². The van der Waals surface area contributed by atoms with Gasteiger partial charge in [-0.2, -0.15) is 0 Å². The Kier molecular flexibility index (Phi) is 5.49. The molecule has 0 aromatic heterocycles. The molecular formula is C14H20FN3O2. The molecule has 0 radical (unpaired) electrons. The van der Waals surface area contributed by atoms with E-state index in [1.807, 2.05) is 13.8 Å². The van der Waals surface area contributed by atoms with Gasteiger partial charge in [0.2, 0.25) is 5.91 Å². The molecule has 6 heteroatoms. The Morgan fingerprint density at radius 1 is 1.30 bits per heavy atom. The van der Waals surface area contributed by atoms with E-state index in [1.54, 1.807) is 0 Å². The highest BCUT2D eigenvalue weighted by Gasteiger charge is 2.15. The third-order valence-corrected chi connectivity index (χ3v) is 2.64. The Labute approximate surface area is 117 Å². The Bertz CT molecular complexity index is 515. The van der Waals surface area contributed by atoms with E-state index in [-0.39, 0.29) is 18.0 Å². The van der Waals surface area contributed by atoms with Crippen molar-refractivity contribution in [3.05, 3.63) is 29.1 Å². The number of rotatable bonds is 5. The lowest BCUT2D eigenvalue weighted by Crippen LogP contribution is -2.38. The normalized spacial score (nSPS) is 10.4. The Balaban J connectivity index is 2.62. The number of benzene rings is 1. The van der Waals surface area contributed by atoms with Crippen molar-refractivity contribution in [1.29, 1.82) is 0 Å². The first-order valence-electron chi connectivity index (χ1n) is 6.41. The summed E-state index contributed by atoms with van der Waals surface area (Å²) >= 11 is 0. The second kappa shape index (κ2) is 6.88. The fourth-order valence-electron chi connectivity index (χ4n) is 1.60. The van der Waals surface area contributed by atoms with Crippen molar-refractivity contribution in [2.45, 2.75) is 20.8 Å². The molecule has 0 aliphatic carbocycles. The molecule has 0 heterocycles. The maximum absolute atomic E-state index is 13.8. The summed E-state index contributed by atoms with van der Waals surface area (Å²) in [5.74, 6) is -1.27. The summed E-state index contributed by atoms with van der Waals surface area (Å²) < 4.78 is 13.8. The van der Waals surface area contributed by atoms with Crippen molar-refractivity contribution in [2.75, 3.05) is 18.8 Å². The lowest BCUT2D eigenvalue weighted by Gasteiger charge is -2.10. The molecule has 0 fully saturated rings. The molecule has 20 heavy (non-hydrogen) atoms. The number of halogens is 1. The minimum absolute atomic E-state index is 0.154. The van der Waals surface area contributed by atoms with E-state index >= 15 is 0 Å². The maximum Gasteiger partial charge on any atom is 0.254 e. The summed E-state index contributed by atoms with van der Waals surface area (Å²) in [6.07, 6.45) is 0. The molecule has 2 amide bonds. The predicted octanol–water partition coefficient (Wildman–Crippen LogP) is 1.22. The highest BCUT2D eigenvalue weighted by molar-refractivity contribution is 5.97. The van der Waals surface area contributed by atoms with Crippen molar-refractivity contribution in [1.82, 2.24) is 10.6 Å². The summed E-state index contributed by atoms with van der Waals surface area (Å²) in [4.78, 5) is 23.3. The van der Waals surface area contributed by atoms with Crippen LogP contribution >= 0.6 is 0 Å². The average Bonchev–Trinajstić information content (AvgIpc) is 2.37. The monoisotopic (exact) mass is 281 g/mol. The summed E-state index contributed by atoms with van der Waals surface area (Å²) in [7, 11) is 0. The van der Waals surface area contributed by atoms with Gasteiger partial charge in [0, 0.05) is 12.2 Å². The number of amides is 2. The highest BCUT2D eigenvalue weighted by atomic mass is 19.1. The lowest BCUT2D eigenvalue weighted by atomic mass is 10.1. The Hall–Kier alpha value is -2.11. The van der Waals surface area contributed by atoms with Gasteiger partial charge >= 0.3 is 0 Å². The molecule has 1 aromatic carbocycles. The van der Waals surface area contributed by atoms with Crippen molar-refractivity contribution in [3.8, 4) is 0 Å². The van der Waals surface area contributed by atoms with Crippen molar-refractivity contribution in [3.63, 3.8) is 0 Å². The van der Waals surface area contributed by atoms with E-state index in [9.17, 15) is 14.0 Å². The quantitative estimate of drug-likeness (QED) is 0.709. The van der Waals surface area contributed by atoms with Crippen LogP contribution in [0.2, 0.25) is 0 Å². The van der Waals surface area contributed by atoms with Crippen LogP contribution in [-0.4, -0.2) is 24.9 Å². The standard InChI is InChI=1S/C14H20FN3O2/c1-8(2)6-17-12(19)7-18-14(20)11-5-10(16)4-9(3)13(11)15/h4-5,8H,6-7,16H2,1-3H3,(H,17,19)(H,18,20). The van der Waals surface area contributed by atoms with Gasteiger partial charge in [-0.1, -0.05) is 13.8 Å². The lowest BCUT2D eigenvalue weighted by molar-refractivity contribution is -0.120. The SMILES string of the molecule is Cc1cc(N)cc(C(=O)NCC(=O)NCC(C)C)c1F. The minimum atomic E-state index is -0.655. The van der Waals surface area contributed by atoms with Gasteiger partial charge in [0.25, 0.3) is 5.91 Å². The molecule has 4 N–H and O–H groups in total. The minimum Gasteiger partial charge on any atom is -0.399 e. The molecule has 0 aliphatic rings. The maximum atomic E-state index is 13.8. The van der Waals surface area contributed by atoms with Gasteiger partial charge in [-0.3, -0.25) is 9.59 Å². The summed E-state index contributed by atoms with van der Waals surface area (Å²) in [6, 6.07) is 2.70. The largest absolute Gasteiger partial charge is 0.399 e. The first kappa shape index (κ1) is 15.9. The zero-order chi connectivity index (χ0) is 15.3. The van der Waals surface area contributed by atoms with Crippen LogP contribution in [0.3, 0.4) is 0 Å². The number of nitrogens with two attached hydrogens (primary N) is 1. The van der Waals surface area contributed by atoms with Crippen molar-refractivity contribution in [2.24, 2.45) is 5.92 Å². The number of hydrogen-bond donors (Lipinski definition) is 3. The first-order valence-corrected chi connectivity index (χ1v) is 6.41. The molecule has 0 saturated heterocycles. The summed E-state index contributed by atoms with van der Waals surface area (Å²) in [6.45, 7) is 5.78. The van der Waals surface area contributed by atoms with Gasteiger partial charge in [-0.25, -0.2) is 4.39 Å². The van der Waals surface area contributed by atoms with Gasteiger partial charge < -0.3 is 16.4 Å². The molecule has 110 valence electrons. The van der Waals surface area contributed by atoms with Gasteiger partial charge in [-0.05, 0) is 30.5 Å². The van der Waals surface area contributed by atoms with Gasteiger partial charge in [0.15, 0.2) is 0 Å². The van der Waals surface area contributed by atoms with Gasteiger partial charge in [-0.15, -0.1) is 0 Å². The number of hydrogen-bond acceptors (Lipinski definition) is 3. The smallest absolute Gasteiger partial charge is 0.254 e. The molecule has 0 saturated carbocycles. The molecule has 0 atom stereocenters. The number of carbonyl (C=O) groups is 2. The van der Waals surface area contributed by atoms with E-state index in [4.69, 9.17) is 5.73 Å². The van der Waals surface area contributed by atoms with Crippen LogP contribution in [0.4, 0.5) is 10.1 Å². The number of aryl methyl sites for hydroxylation is 1. The average molecular weight is 281 g/mol. The second-order valence-corrected chi connectivity index (χ2v) is 5.08. The van der Waals surface area contributed by atoms with Crippen molar-refractivity contribution >= 4 is 17.5 Å². The van der Waals surface area contributed by atoms with Crippen LogP contribution < -0.4 is 16.4 Å². The van der Waals surface area contributed by atoms with Crippen LogP contribution in [0.1, 0.15) is 29.8 Å². The Morgan fingerprint density at radius 2 is 1.95 bits per heavy atom. The number of nitrogens with one attached hydrogen (secondary N) is 2. The van der Waals surface area contributed by atoms with Crippen LogP contribution in [0.25, 0.3) is 0 Å². The summed E-state index contributed by atoms with van der Waals surface area (Å²) in [5, 5.41) is 5.03. The fraction of sp³-hybridized carbons (Fsp3) is 0.429. The third-order valence-electron chi connectivity index (χ3n) is 2.64. The number of anilines is 1. The van der Waals surface area contributed by atoms with Crippen molar-refractivity contribution < 1.29 is 14.0 Å².